The summed E-state index contributed by atoms with van der Waals surface area (Å²) in [4.78, 5) is 11.5. The molecule has 41 unspecified atom stereocenters. The fourth-order valence-electron chi connectivity index (χ4n) is 12.6. The largest absolute Gasteiger partial charge is 0.467 e. The molecule has 7 aliphatic rings. The number of hydrogen-bond donors (Lipinski definition) is 28. The minimum absolute atomic E-state index is 0.0861. The summed E-state index contributed by atoms with van der Waals surface area (Å²) in [6, 6.07) is 0. The highest BCUT2D eigenvalue weighted by molar-refractivity contribution is 8.00. The number of ether oxygens (including phenoxy) is 8. The molecule has 7 heterocycles. The molecule has 0 aromatic heterocycles. The zero-order valence-corrected chi connectivity index (χ0v) is 43.8. The summed E-state index contributed by atoms with van der Waals surface area (Å²) in [5.41, 5.74) is 0. The molecule has 0 bridgehead atoms. The molecule has 0 aliphatic carbocycles. The molecule has 37 nitrogen and oxygen atoms in total. The summed E-state index contributed by atoms with van der Waals surface area (Å²) in [5, 5.41) is 318. The molecular formula is C45H76O37S. The number of hydrogen-bond acceptors (Lipinski definition) is 38. The Labute approximate surface area is 471 Å². The maximum Gasteiger partial charge on any atom is 0.293 e. The van der Waals surface area contributed by atoms with Gasteiger partial charge >= 0.3 is 0 Å². The summed E-state index contributed by atoms with van der Waals surface area (Å²) in [7, 11) is 0. The summed E-state index contributed by atoms with van der Waals surface area (Å²) < 4.78 is 45.0. The van der Waals surface area contributed by atoms with E-state index in [1.807, 2.05) is 0 Å². The second kappa shape index (κ2) is 28.1. The van der Waals surface area contributed by atoms with Crippen LogP contribution in [0.5, 0.6) is 0 Å². The molecule has 7 aliphatic heterocycles. The van der Waals surface area contributed by atoms with Crippen LogP contribution in [-0.4, -0.2) is 382 Å². The summed E-state index contributed by atoms with van der Waals surface area (Å²) in [5.74, 6) is -14.3. The Morgan fingerprint density at radius 1 is 0.301 bits per heavy atom. The second-order valence-electron chi connectivity index (χ2n) is 21.8. The van der Waals surface area contributed by atoms with Crippen LogP contribution in [0.15, 0.2) is 0 Å². The van der Waals surface area contributed by atoms with E-state index in [0.717, 1.165) is 0 Å². The topological polar surface area (TPSA) is 657 Å². The predicted octanol–water partition coefficient (Wildman–Crippen LogP) is -17.7. The Bertz CT molecular complexity index is 2050. The van der Waals surface area contributed by atoms with E-state index in [1.165, 1.54) is 0 Å². The number of thioether (sulfide) groups is 1. The highest BCUT2D eigenvalue weighted by Crippen LogP contribution is 2.55. The van der Waals surface area contributed by atoms with Gasteiger partial charge in [-0.05, 0) is 24.2 Å². The van der Waals surface area contributed by atoms with E-state index >= 15 is 0 Å². The van der Waals surface area contributed by atoms with Crippen molar-refractivity contribution < 1.29 is 186 Å². The van der Waals surface area contributed by atoms with Crippen molar-refractivity contribution in [2.45, 2.75) is 227 Å². The van der Waals surface area contributed by atoms with Crippen molar-refractivity contribution in [2.24, 2.45) is 29.6 Å². The number of aliphatic hydroxyl groups excluding tert-OH is 28. The van der Waals surface area contributed by atoms with Crippen LogP contribution >= 0.6 is 11.8 Å². The molecule has 41 atom stereocenters. The second-order valence-corrected chi connectivity index (χ2v) is 23.1. The molecular weight excluding hydrogens is 1160 g/mol. The van der Waals surface area contributed by atoms with Crippen LogP contribution in [-0.2, 0) is 42.7 Å². The van der Waals surface area contributed by atoms with Crippen molar-refractivity contribution >= 4 is 18.2 Å². The first-order chi connectivity index (χ1) is 38.8. The number of rotatable bonds is 18. The summed E-state index contributed by atoms with van der Waals surface area (Å²) >= 11 is 0.334. The Morgan fingerprint density at radius 3 is 0.928 bits per heavy atom. The Balaban J connectivity index is 1.68. The number of carbonyl (C=O) groups is 1. The van der Waals surface area contributed by atoms with Crippen molar-refractivity contribution in [3.05, 3.63) is 0 Å². The van der Waals surface area contributed by atoms with Gasteiger partial charge in [-0.3, -0.25) is 4.79 Å². The molecule has 484 valence electrons. The lowest BCUT2D eigenvalue weighted by Gasteiger charge is -2.59. The van der Waals surface area contributed by atoms with E-state index in [-0.39, 0.29) is 6.47 Å². The van der Waals surface area contributed by atoms with E-state index in [1.54, 1.807) is 0 Å². The average molecular weight is 1240 g/mol. The highest BCUT2D eigenvalue weighted by atomic mass is 32.2. The van der Waals surface area contributed by atoms with Crippen LogP contribution in [0.1, 0.15) is 6.42 Å². The molecule has 28 N–H and O–H groups in total. The van der Waals surface area contributed by atoms with Gasteiger partial charge in [0.15, 0.2) is 44.0 Å². The van der Waals surface area contributed by atoms with Crippen LogP contribution < -0.4 is 0 Å². The van der Waals surface area contributed by atoms with Crippen LogP contribution in [0.2, 0.25) is 0 Å². The molecule has 7 saturated heterocycles. The van der Waals surface area contributed by atoms with E-state index < -0.39 is 269 Å². The van der Waals surface area contributed by atoms with E-state index in [2.05, 4.69) is 0 Å². The van der Waals surface area contributed by atoms with Crippen LogP contribution in [0.3, 0.4) is 0 Å². The van der Waals surface area contributed by atoms with Crippen molar-refractivity contribution in [3.8, 4) is 0 Å². The third-order valence-corrected chi connectivity index (χ3v) is 18.4. The van der Waals surface area contributed by atoms with E-state index in [0.29, 0.717) is 11.8 Å². The van der Waals surface area contributed by atoms with Crippen molar-refractivity contribution in [1.82, 2.24) is 0 Å². The molecule has 0 amide bonds. The normalized spacial score (nSPS) is 53.3. The van der Waals surface area contributed by atoms with Gasteiger partial charge in [-0.1, -0.05) is 0 Å². The third kappa shape index (κ3) is 13.4. The van der Waals surface area contributed by atoms with Gasteiger partial charge in [0.25, 0.3) is 6.47 Å². The van der Waals surface area contributed by atoms with Crippen molar-refractivity contribution in [1.29, 1.82) is 0 Å². The van der Waals surface area contributed by atoms with Crippen LogP contribution in [0.25, 0.3) is 0 Å². The molecule has 0 aromatic rings. The summed E-state index contributed by atoms with van der Waals surface area (Å²) in [6.45, 7) is -0.793. The standard InChI is InChI=1S/C45H76O37S/c46-4-75-1-2-83-38(37-24(60)18(54)31(67)45(74)82-37)10(36-23(59)17(53)30(66)44(73)81-36)9(35-22(58)16(52)29(65)43(72)80-35)8(34-21(57)15(51)28(64)42(71)79-34)7(33-20(56)14(50)27(63)41(70)78-33)5(32-19(55)13(49)26(62)40(69)77-32)3-6-11(47)12(48)25(61)39(68)76-6/h4-45,47-74H,1-3H2. The zero-order chi connectivity index (χ0) is 61.9. The van der Waals surface area contributed by atoms with Crippen molar-refractivity contribution in [2.75, 3.05) is 12.4 Å². The molecule has 83 heavy (non-hydrogen) atoms. The van der Waals surface area contributed by atoms with Crippen LogP contribution in [0, 0.1) is 29.6 Å². The zero-order valence-electron chi connectivity index (χ0n) is 43.0. The lowest BCUT2D eigenvalue weighted by atomic mass is 9.56. The smallest absolute Gasteiger partial charge is 0.293 e. The SMILES string of the molecule is O=COCCSC(C1OC(O)C(O)C(O)C1O)C(C1OC(O)C(O)C(O)C1O)C(C1OC(O)C(O)C(O)C1O)C(C1OC(O)C(O)C(O)C1O)C(C(CC1OC(O)C(O)C(O)C1O)C1OC(O)C(O)C(O)C1O)C1OC(O)C(O)C(O)C1O. The first kappa shape index (κ1) is 68.9. The first-order valence-electron chi connectivity index (χ1n) is 26.1. The lowest BCUT2D eigenvalue weighted by Crippen LogP contribution is -2.73. The summed E-state index contributed by atoms with van der Waals surface area (Å²) in [6.07, 6.45) is -93.4. The van der Waals surface area contributed by atoms with Crippen molar-refractivity contribution in [3.63, 3.8) is 0 Å². The Hall–Kier alpha value is -1.58. The van der Waals surface area contributed by atoms with Gasteiger partial charge in [-0.25, -0.2) is 0 Å². The Morgan fingerprint density at radius 2 is 0.566 bits per heavy atom. The molecule has 0 saturated carbocycles. The fourth-order valence-corrected chi connectivity index (χ4v) is 14.0. The van der Waals surface area contributed by atoms with Gasteiger partial charge in [-0.2, -0.15) is 11.8 Å². The minimum Gasteiger partial charge on any atom is -0.467 e. The molecule has 0 spiro atoms. The van der Waals surface area contributed by atoms with Gasteiger partial charge in [0, 0.05) is 22.8 Å². The maximum atomic E-state index is 12.4. The van der Waals surface area contributed by atoms with Crippen LogP contribution in [0.4, 0.5) is 0 Å². The highest BCUT2D eigenvalue weighted by Gasteiger charge is 2.67. The first-order valence-corrected chi connectivity index (χ1v) is 27.2. The number of carbonyl (C=O) groups excluding carboxylic acids is 1. The lowest BCUT2D eigenvalue weighted by molar-refractivity contribution is -0.355. The minimum atomic E-state index is -2.88. The van der Waals surface area contributed by atoms with E-state index in [9.17, 15) is 148 Å². The average Bonchev–Trinajstić information content (AvgIpc) is 1.68. The number of aliphatic hydroxyl groups is 28. The monoisotopic (exact) mass is 1240 g/mol. The van der Waals surface area contributed by atoms with Gasteiger partial charge in [0.2, 0.25) is 0 Å². The quantitative estimate of drug-likeness (QED) is 0.0448. The molecule has 0 aromatic carbocycles. The molecule has 0 radical (unpaired) electrons. The molecule has 7 fully saturated rings. The van der Waals surface area contributed by atoms with Gasteiger partial charge in [0.1, 0.15) is 141 Å². The maximum absolute atomic E-state index is 12.4. The van der Waals surface area contributed by atoms with Gasteiger partial charge in [-0.15, -0.1) is 0 Å². The fraction of sp³-hybridized carbons (Fsp3) is 0.978. The predicted molar refractivity (Wildman–Crippen MR) is 253 cm³/mol. The van der Waals surface area contributed by atoms with Gasteiger partial charge < -0.3 is 181 Å². The third-order valence-electron chi connectivity index (χ3n) is 17.0. The van der Waals surface area contributed by atoms with Gasteiger partial charge in [0.05, 0.1) is 36.6 Å². The molecule has 38 heteroatoms. The molecule has 7 rings (SSSR count). The van der Waals surface area contributed by atoms with E-state index in [4.69, 9.17) is 37.9 Å². The Kier molecular flexibility index (Phi) is 23.3.